The van der Waals surface area contributed by atoms with E-state index in [0.717, 1.165) is 26.1 Å². The minimum absolute atomic E-state index is 0.911. The molecule has 0 unspecified atom stereocenters. The van der Waals surface area contributed by atoms with E-state index in [0.29, 0.717) is 0 Å². The summed E-state index contributed by atoms with van der Waals surface area (Å²) in [7, 11) is 0. The summed E-state index contributed by atoms with van der Waals surface area (Å²) in [6.45, 7) is 8.43. The van der Waals surface area contributed by atoms with Crippen molar-refractivity contribution in [3.8, 4) is 0 Å². The quantitative estimate of drug-likeness (QED) is 0.355. The van der Waals surface area contributed by atoms with Crippen LogP contribution in [0.2, 0.25) is 4.44 Å². The van der Waals surface area contributed by atoms with E-state index in [4.69, 9.17) is 6.15 Å². The SMILES string of the molecule is CCCCCCC[CH2][Sn]([O]CCC)[O]CCC. The maximum atomic E-state index is 5.90. The van der Waals surface area contributed by atoms with Gasteiger partial charge in [-0.3, -0.25) is 0 Å². The van der Waals surface area contributed by atoms with Crippen molar-refractivity contribution in [2.45, 2.75) is 76.6 Å². The van der Waals surface area contributed by atoms with Crippen molar-refractivity contribution in [2.24, 2.45) is 0 Å². The molecule has 103 valence electrons. The topological polar surface area (TPSA) is 18.5 Å². The van der Waals surface area contributed by atoms with Crippen LogP contribution in [0.1, 0.15) is 72.1 Å². The van der Waals surface area contributed by atoms with Crippen LogP contribution in [0.4, 0.5) is 0 Å². The van der Waals surface area contributed by atoms with Gasteiger partial charge >= 0.3 is 117 Å². The van der Waals surface area contributed by atoms with Crippen LogP contribution in [0, 0.1) is 0 Å². The van der Waals surface area contributed by atoms with Gasteiger partial charge < -0.3 is 0 Å². The molecule has 17 heavy (non-hydrogen) atoms. The van der Waals surface area contributed by atoms with E-state index in [1.54, 1.807) is 0 Å². The maximum absolute atomic E-state index is 5.90. The molecule has 0 bridgehead atoms. The van der Waals surface area contributed by atoms with Gasteiger partial charge in [-0.05, 0) is 0 Å². The third-order valence-electron chi connectivity index (χ3n) is 2.67. The minimum atomic E-state index is -1.90. The number of hydrogen-bond donors (Lipinski definition) is 0. The molecule has 0 N–H and O–H groups in total. The fraction of sp³-hybridized carbons (Fsp3) is 1.00. The summed E-state index contributed by atoms with van der Waals surface area (Å²) in [5.41, 5.74) is 0. The molecule has 1 radical (unpaired) electrons. The van der Waals surface area contributed by atoms with E-state index in [-0.39, 0.29) is 0 Å². The molecule has 0 aliphatic rings. The van der Waals surface area contributed by atoms with Crippen LogP contribution in [0.15, 0.2) is 0 Å². The fourth-order valence-corrected chi connectivity index (χ4v) is 6.73. The number of rotatable bonds is 13. The van der Waals surface area contributed by atoms with Gasteiger partial charge in [0.1, 0.15) is 0 Å². The van der Waals surface area contributed by atoms with Crippen molar-refractivity contribution in [3.05, 3.63) is 0 Å². The molecule has 0 atom stereocenters. The standard InChI is InChI=1S/C8H17.2C3H7O.Sn/c1-3-5-7-8-6-4-2;2*1-2-3-4;/h1,3-8H2,2H3;2*2-3H2,1H3;/q;2*-1;+2. The van der Waals surface area contributed by atoms with E-state index in [1.165, 1.54) is 43.0 Å². The Bertz CT molecular complexity index is 134. The van der Waals surface area contributed by atoms with Gasteiger partial charge in [-0.2, -0.15) is 0 Å². The summed E-state index contributed by atoms with van der Waals surface area (Å²) in [6, 6.07) is 0. The van der Waals surface area contributed by atoms with Crippen LogP contribution in [0.3, 0.4) is 0 Å². The second-order valence-corrected chi connectivity index (χ2v) is 9.79. The van der Waals surface area contributed by atoms with Crippen LogP contribution in [-0.2, 0) is 6.15 Å². The first-order valence-corrected chi connectivity index (χ1v) is 11.8. The van der Waals surface area contributed by atoms with Gasteiger partial charge in [0.2, 0.25) is 0 Å². The Hall–Kier alpha value is 0.719. The van der Waals surface area contributed by atoms with E-state index in [2.05, 4.69) is 20.8 Å². The molecular formula is C14H31O2Sn. The predicted molar refractivity (Wildman–Crippen MR) is 76.4 cm³/mol. The molecule has 0 heterocycles. The van der Waals surface area contributed by atoms with Crippen molar-refractivity contribution in [3.63, 3.8) is 0 Å². The third-order valence-corrected chi connectivity index (χ3v) is 7.85. The van der Waals surface area contributed by atoms with Gasteiger partial charge in [-0.1, -0.05) is 0 Å². The Morgan fingerprint density at radius 2 is 1.18 bits per heavy atom. The molecule has 3 heteroatoms. The third kappa shape index (κ3) is 13.0. The average Bonchev–Trinajstić information content (AvgIpc) is 2.35. The molecule has 0 amide bonds. The Labute approximate surface area is 116 Å². The van der Waals surface area contributed by atoms with Crippen molar-refractivity contribution >= 4 is 20.6 Å². The van der Waals surface area contributed by atoms with Crippen LogP contribution in [0.5, 0.6) is 0 Å². The van der Waals surface area contributed by atoms with E-state index < -0.39 is 20.6 Å². The van der Waals surface area contributed by atoms with E-state index in [9.17, 15) is 0 Å². The second kappa shape index (κ2) is 14.8. The number of unbranched alkanes of at least 4 members (excludes halogenated alkanes) is 5. The molecule has 0 saturated carbocycles. The van der Waals surface area contributed by atoms with Crippen molar-refractivity contribution < 1.29 is 6.15 Å². The summed E-state index contributed by atoms with van der Waals surface area (Å²) >= 11 is -1.90. The zero-order chi connectivity index (χ0) is 12.8. The van der Waals surface area contributed by atoms with Crippen molar-refractivity contribution in [1.29, 1.82) is 0 Å². The Morgan fingerprint density at radius 3 is 1.71 bits per heavy atom. The zero-order valence-corrected chi connectivity index (χ0v) is 14.9. The molecule has 2 nitrogen and oxygen atoms in total. The molecule has 0 aromatic heterocycles. The van der Waals surface area contributed by atoms with Crippen LogP contribution in [-0.4, -0.2) is 33.8 Å². The Kier molecular flexibility index (Phi) is 15.4. The fourth-order valence-electron chi connectivity index (χ4n) is 1.67. The van der Waals surface area contributed by atoms with Gasteiger partial charge in [0.05, 0.1) is 0 Å². The molecule has 0 saturated heterocycles. The van der Waals surface area contributed by atoms with Crippen LogP contribution in [0.25, 0.3) is 0 Å². The monoisotopic (exact) mass is 351 g/mol. The van der Waals surface area contributed by atoms with Crippen LogP contribution < -0.4 is 0 Å². The first kappa shape index (κ1) is 17.7. The normalized spacial score (nSPS) is 11.3. The van der Waals surface area contributed by atoms with Gasteiger partial charge in [0.25, 0.3) is 0 Å². The van der Waals surface area contributed by atoms with Crippen molar-refractivity contribution in [2.75, 3.05) is 13.2 Å². The van der Waals surface area contributed by atoms with E-state index >= 15 is 0 Å². The van der Waals surface area contributed by atoms with Gasteiger partial charge in [0.15, 0.2) is 0 Å². The zero-order valence-electron chi connectivity index (χ0n) is 12.1. The molecule has 0 aliphatic heterocycles. The molecule has 0 rings (SSSR count). The first-order chi connectivity index (χ1) is 8.35. The Morgan fingerprint density at radius 1 is 0.647 bits per heavy atom. The van der Waals surface area contributed by atoms with Gasteiger partial charge in [0, 0.05) is 0 Å². The summed E-state index contributed by atoms with van der Waals surface area (Å²) in [6.07, 6.45) is 10.5. The summed E-state index contributed by atoms with van der Waals surface area (Å²) < 4.78 is 13.0. The van der Waals surface area contributed by atoms with Crippen molar-refractivity contribution in [1.82, 2.24) is 0 Å². The van der Waals surface area contributed by atoms with Gasteiger partial charge in [-0.15, -0.1) is 0 Å². The second-order valence-electron chi connectivity index (χ2n) is 4.59. The average molecular weight is 350 g/mol. The predicted octanol–water partition coefficient (Wildman–Crippen LogP) is 4.69. The Balaban J connectivity index is 3.45. The summed E-state index contributed by atoms with van der Waals surface area (Å²) in [5, 5.41) is 0. The molecule has 0 fully saturated rings. The molecule has 0 aromatic carbocycles. The van der Waals surface area contributed by atoms with Gasteiger partial charge in [-0.25, -0.2) is 0 Å². The summed E-state index contributed by atoms with van der Waals surface area (Å²) in [4.78, 5) is 0. The van der Waals surface area contributed by atoms with E-state index in [1.807, 2.05) is 0 Å². The van der Waals surface area contributed by atoms with Crippen LogP contribution >= 0.6 is 0 Å². The molecule has 0 aliphatic carbocycles. The summed E-state index contributed by atoms with van der Waals surface area (Å²) in [5.74, 6) is 0. The molecular weight excluding hydrogens is 319 g/mol. The molecule has 0 aromatic rings. The molecule has 0 spiro atoms. The number of hydrogen-bond acceptors (Lipinski definition) is 2. The first-order valence-electron chi connectivity index (χ1n) is 7.46.